The van der Waals surface area contributed by atoms with E-state index in [1.165, 1.54) is 23.3 Å². The van der Waals surface area contributed by atoms with Crippen molar-refractivity contribution in [3.63, 3.8) is 0 Å². The van der Waals surface area contributed by atoms with Gasteiger partial charge in [0.2, 0.25) is 0 Å². The third-order valence-electron chi connectivity index (χ3n) is 3.35. The lowest BCUT2D eigenvalue weighted by Gasteiger charge is -2.13. The average molecular weight is 337 g/mol. The van der Waals surface area contributed by atoms with Crippen LogP contribution in [0, 0.1) is 19.7 Å². The molecule has 0 spiro atoms. The van der Waals surface area contributed by atoms with Gasteiger partial charge in [-0.25, -0.2) is 4.39 Å². The Kier molecular flexibility index (Phi) is 4.95. The molecule has 2 rings (SSSR count). The molecule has 0 heterocycles. The monoisotopic (exact) mass is 336 g/mol. The lowest BCUT2D eigenvalue weighted by molar-refractivity contribution is 0.175. The van der Waals surface area contributed by atoms with Gasteiger partial charge in [-0.1, -0.05) is 39.7 Å². The van der Waals surface area contributed by atoms with E-state index in [9.17, 15) is 9.50 Å². The number of rotatable bonds is 4. The molecule has 2 aromatic rings. The van der Waals surface area contributed by atoms with Crippen LogP contribution in [0.3, 0.4) is 0 Å². The maximum absolute atomic E-state index is 13.3. The molecule has 0 aromatic heterocycles. The fraction of sp³-hybridized carbons (Fsp3) is 0.294. The van der Waals surface area contributed by atoms with E-state index in [-0.39, 0.29) is 5.82 Å². The molecular weight excluding hydrogens is 319 g/mol. The zero-order chi connectivity index (χ0) is 14.7. The first-order chi connectivity index (χ1) is 9.44. The van der Waals surface area contributed by atoms with Crippen molar-refractivity contribution < 1.29 is 9.50 Å². The summed E-state index contributed by atoms with van der Waals surface area (Å²) in [5.41, 5.74) is 4.31. The Hall–Kier alpha value is -1.19. The Morgan fingerprint density at radius 2 is 1.85 bits per heavy atom. The summed E-state index contributed by atoms with van der Waals surface area (Å²) in [6, 6.07) is 11.0. The molecule has 0 radical (unpaired) electrons. The van der Waals surface area contributed by atoms with Crippen LogP contribution in [0.25, 0.3) is 0 Å². The largest absolute Gasteiger partial charge is 0.392 e. The molecule has 0 fully saturated rings. The number of hydrogen-bond donors (Lipinski definition) is 1. The Bertz CT molecular complexity index is 590. The standard InChI is InChI=1S/C17H18BrFO/c1-11-3-4-12(2)14(5-11)9-17(20)8-13-6-15(18)10-16(19)7-13/h3-7,10,17,20H,8-9H2,1-2H3. The van der Waals surface area contributed by atoms with Gasteiger partial charge in [0, 0.05) is 4.47 Å². The van der Waals surface area contributed by atoms with Gasteiger partial charge in [0.05, 0.1) is 6.10 Å². The molecule has 1 N–H and O–H groups in total. The summed E-state index contributed by atoms with van der Waals surface area (Å²) in [6.45, 7) is 4.08. The van der Waals surface area contributed by atoms with Gasteiger partial charge in [-0.2, -0.15) is 0 Å². The number of hydrogen-bond acceptors (Lipinski definition) is 1. The summed E-state index contributed by atoms with van der Waals surface area (Å²) in [4.78, 5) is 0. The lowest BCUT2D eigenvalue weighted by Crippen LogP contribution is -2.15. The predicted octanol–water partition coefficient (Wildman–Crippen LogP) is 4.35. The van der Waals surface area contributed by atoms with Crippen LogP contribution in [0.5, 0.6) is 0 Å². The first kappa shape index (κ1) is 15.2. The van der Waals surface area contributed by atoms with Crippen LogP contribution in [-0.2, 0) is 12.8 Å². The van der Waals surface area contributed by atoms with Gasteiger partial charge in [0.15, 0.2) is 0 Å². The highest BCUT2D eigenvalue weighted by atomic mass is 79.9. The molecule has 2 aromatic carbocycles. The smallest absolute Gasteiger partial charge is 0.124 e. The van der Waals surface area contributed by atoms with E-state index in [0.717, 1.165) is 11.1 Å². The highest BCUT2D eigenvalue weighted by Gasteiger charge is 2.10. The Labute approximate surface area is 127 Å². The first-order valence-electron chi connectivity index (χ1n) is 6.63. The molecule has 0 saturated heterocycles. The van der Waals surface area contributed by atoms with Crippen molar-refractivity contribution in [1.29, 1.82) is 0 Å². The van der Waals surface area contributed by atoms with E-state index < -0.39 is 6.10 Å². The molecule has 1 nitrogen and oxygen atoms in total. The van der Waals surface area contributed by atoms with Crippen LogP contribution in [0.1, 0.15) is 22.3 Å². The fourth-order valence-electron chi connectivity index (χ4n) is 2.35. The zero-order valence-electron chi connectivity index (χ0n) is 11.7. The van der Waals surface area contributed by atoms with Crippen LogP contribution >= 0.6 is 15.9 Å². The van der Waals surface area contributed by atoms with E-state index in [2.05, 4.69) is 34.1 Å². The summed E-state index contributed by atoms with van der Waals surface area (Å²) >= 11 is 3.27. The average Bonchev–Trinajstić information content (AvgIpc) is 2.32. The van der Waals surface area contributed by atoms with E-state index in [1.807, 2.05) is 19.9 Å². The molecule has 1 unspecified atom stereocenters. The van der Waals surface area contributed by atoms with Gasteiger partial charge in [-0.3, -0.25) is 0 Å². The summed E-state index contributed by atoms with van der Waals surface area (Å²) in [5, 5.41) is 10.2. The maximum Gasteiger partial charge on any atom is 0.124 e. The van der Waals surface area contributed by atoms with Gasteiger partial charge >= 0.3 is 0 Å². The molecule has 0 saturated carbocycles. The van der Waals surface area contributed by atoms with Crippen molar-refractivity contribution in [2.24, 2.45) is 0 Å². The van der Waals surface area contributed by atoms with Crippen molar-refractivity contribution in [2.75, 3.05) is 0 Å². The SMILES string of the molecule is Cc1ccc(C)c(CC(O)Cc2cc(F)cc(Br)c2)c1. The Morgan fingerprint density at radius 1 is 1.10 bits per heavy atom. The van der Waals surface area contributed by atoms with E-state index in [4.69, 9.17) is 0 Å². The highest BCUT2D eigenvalue weighted by molar-refractivity contribution is 9.10. The van der Waals surface area contributed by atoms with Gasteiger partial charge in [-0.05, 0) is 61.6 Å². The molecule has 20 heavy (non-hydrogen) atoms. The zero-order valence-corrected chi connectivity index (χ0v) is 13.2. The van der Waals surface area contributed by atoms with Crippen molar-refractivity contribution >= 4 is 15.9 Å². The van der Waals surface area contributed by atoms with Gasteiger partial charge in [0.1, 0.15) is 5.82 Å². The fourth-order valence-corrected chi connectivity index (χ4v) is 2.86. The van der Waals surface area contributed by atoms with Crippen molar-refractivity contribution in [1.82, 2.24) is 0 Å². The minimum Gasteiger partial charge on any atom is -0.392 e. The molecule has 0 amide bonds. The second-order valence-corrected chi connectivity index (χ2v) is 6.19. The molecule has 0 aliphatic heterocycles. The number of aryl methyl sites for hydroxylation is 2. The second kappa shape index (κ2) is 6.51. The quantitative estimate of drug-likeness (QED) is 0.879. The van der Waals surface area contributed by atoms with Crippen LogP contribution in [0.4, 0.5) is 4.39 Å². The predicted molar refractivity (Wildman–Crippen MR) is 83.4 cm³/mol. The molecule has 0 aliphatic rings. The maximum atomic E-state index is 13.3. The van der Waals surface area contributed by atoms with Gasteiger partial charge < -0.3 is 5.11 Å². The third kappa shape index (κ3) is 4.15. The van der Waals surface area contributed by atoms with Crippen molar-refractivity contribution in [2.45, 2.75) is 32.8 Å². The number of aliphatic hydroxyl groups is 1. The minimum absolute atomic E-state index is 0.284. The van der Waals surface area contributed by atoms with Crippen LogP contribution in [0.15, 0.2) is 40.9 Å². The van der Waals surface area contributed by atoms with E-state index in [0.29, 0.717) is 17.3 Å². The van der Waals surface area contributed by atoms with Gasteiger partial charge in [0.25, 0.3) is 0 Å². The second-order valence-electron chi connectivity index (χ2n) is 5.27. The van der Waals surface area contributed by atoms with Crippen LogP contribution < -0.4 is 0 Å². The summed E-state index contributed by atoms with van der Waals surface area (Å²) in [5.74, 6) is -0.284. The highest BCUT2D eigenvalue weighted by Crippen LogP contribution is 2.18. The molecular formula is C17H18BrFO. The Morgan fingerprint density at radius 3 is 2.55 bits per heavy atom. The van der Waals surface area contributed by atoms with Gasteiger partial charge in [-0.15, -0.1) is 0 Å². The lowest BCUT2D eigenvalue weighted by atomic mass is 9.97. The van der Waals surface area contributed by atoms with E-state index in [1.54, 1.807) is 0 Å². The number of aliphatic hydroxyl groups excluding tert-OH is 1. The molecule has 1 atom stereocenters. The van der Waals surface area contributed by atoms with Crippen LogP contribution in [-0.4, -0.2) is 11.2 Å². The van der Waals surface area contributed by atoms with Crippen molar-refractivity contribution in [3.05, 3.63) is 68.9 Å². The normalized spacial score (nSPS) is 12.4. The summed E-state index contributed by atoms with van der Waals surface area (Å²) in [7, 11) is 0. The summed E-state index contributed by atoms with van der Waals surface area (Å²) in [6.07, 6.45) is 0.523. The van der Waals surface area contributed by atoms with Crippen LogP contribution in [0.2, 0.25) is 0 Å². The Balaban J connectivity index is 2.08. The number of benzene rings is 2. The van der Waals surface area contributed by atoms with E-state index >= 15 is 0 Å². The van der Waals surface area contributed by atoms with Crippen molar-refractivity contribution in [3.8, 4) is 0 Å². The third-order valence-corrected chi connectivity index (χ3v) is 3.81. The molecule has 0 bridgehead atoms. The first-order valence-corrected chi connectivity index (χ1v) is 7.42. The molecule has 106 valence electrons. The summed E-state index contributed by atoms with van der Waals surface area (Å²) < 4.78 is 14.0. The topological polar surface area (TPSA) is 20.2 Å². The number of halogens is 2. The minimum atomic E-state index is -0.510. The molecule has 0 aliphatic carbocycles. The molecule has 3 heteroatoms.